The quantitative estimate of drug-likeness (QED) is 0.751. The summed E-state index contributed by atoms with van der Waals surface area (Å²) in [6.45, 7) is 1.86. The van der Waals surface area contributed by atoms with Gasteiger partial charge in [-0.05, 0) is 18.4 Å². The minimum atomic E-state index is -0.466. The molecule has 0 aliphatic heterocycles. The summed E-state index contributed by atoms with van der Waals surface area (Å²) in [6.07, 6.45) is 1.52. The molecule has 0 saturated heterocycles. The lowest BCUT2D eigenvalue weighted by atomic mass is 10.3. The van der Waals surface area contributed by atoms with Crippen molar-refractivity contribution in [1.29, 1.82) is 0 Å². The summed E-state index contributed by atoms with van der Waals surface area (Å²) >= 11 is 1.52. The molecule has 0 saturated carbocycles. The second-order valence-corrected chi connectivity index (χ2v) is 5.47. The molecule has 3 rings (SSSR count). The van der Waals surface area contributed by atoms with E-state index in [9.17, 15) is 9.59 Å². The van der Waals surface area contributed by atoms with Crippen molar-refractivity contribution in [1.82, 2.24) is 19.5 Å². The Morgan fingerprint density at radius 3 is 2.95 bits per heavy atom. The fraction of sp³-hybridized carbons (Fsp3) is 0.231. The Kier molecular flexibility index (Phi) is 3.30. The Hall–Kier alpha value is -2.48. The zero-order chi connectivity index (χ0) is 15.0. The van der Waals surface area contributed by atoms with E-state index in [0.29, 0.717) is 11.4 Å². The van der Waals surface area contributed by atoms with Gasteiger partial charge in [0.15, 0.2) is 5.82 Å². The molecule has 21 heavy (non-hydrogen) atoms. The van der Waals surface area contributed by atoms with E-state index < -0.39 is 5.69 Å². The first-order valence-electron chi connectivity index (χ1n) is 6.30. The van der Waals surface area contributed by atoms with Crippen LogP contribution in [0.15, 0.2) is 27.2 Å². The summed E-state index contributed by atoms with van der Waals surface area (Å²) in [7, 11) is 1.79. The van der Waals surface area contributed by atoms with Gasteiger partial charge in [-0.15, -0.1) is 11.3 Å². The number of hydrogen-bond acceptors (Lipinski definition) is 6. The number of hydrogen-bond donors (Lipinski definition) is 2. The second kappa shape index (κ2) is 5.13. The van der Waals surface area contributed by atoms with Gasteiger partial charge in [0.1, 0.15) is 10.6 Å². The van der Waals surface area contributed by atoms with Crippen LogP contribution in [-0.4, -0.2) is 26.6 Å². The van der Waals surface area contributed by atoms with E-state index in [1.165, 1.54) is 22.1 Å². The third-order valence-corrected chi connectivity index (χ3v) is 3.92. The molecule has 0 spiro atoms. The number of rotatable bonds is 3. The van der Waals surface area contributed by atoms with Gasteiger partial charge in [0.05, 0.1) is 11.9 Å². The molecule has 108 valence electrons. The van der Waals surface area contributed by atoms with E-state index in [1.54, 1.807) is 14.0 Å². The van der Waals surface area contributed by atoms with Crippen molar-refractivity contribution in [2.24, 2.45) is 0 Å². The molecule has 0 radical (unpaired) electrons. The van der Waals surface area contributed by atoms with E-state index in [-0.39, 0.29) is 12.1 Å². The standard InChI is InChI=1S/C13H13N5O2S/c1-7-5-18(13(20)17-11(7)19)6-9-15-10(14-2)8-3-4-21-12(8)16-9/h3-5H,6H2,1-2H3,(H,14,15,16)(H,17,19,20). The zero-order valence-electron chi connectivity index (χ0n) is 11.5. The number of thiophene rings is 1. The number of nitrogens with one attached hydrogen (secondary N) is 2. The van der Waals surface area contributed by atoms with E-state index in [4.69, 9.17) is 0 Å². The van der Waals surface area contributed by atoms with E-state index in [2.05, 4.69) is 20.3 Å². The van der Waals surface area contributed by atoms with Gasteiger partial charge >= 0.3 is 5.69 Å². The molecule has 0 amide bonds. The van der Waals surface area contributed by atoms with Crippen LogP contribution in [0.5, 0.6) is 0 Å². The van der Waals surface area contributed by atoms with Gasteiger partial charge in [0, 0.05) is 18.8 Å². The van der Waals surface area contributed by atoms with E-state index in [1.807, 2.05) is 11.4 Å². The van der Waals surface area contributed by atoms with E-state index >= 15 is 0 Å². The molecule has 0 bridgehead atoms. The van der Waals surface area contributed by atoms with Crippen LogP contribution in [-0.2, 0) is 6.54 Å². The lowest BCUT2D eigenvalue weighted by Crippen LogP contribution is -2.31. The Labute approximate surface area is 123 Å². The third kappa shape index (κ3) is 2.45. The first-order valence-corrected chi connectivity index (χ1v) is 7.18. The van der Waals surface area contributed by atoms with Crippen LogP contribution < -0.4 is 16.6 Å². The maximum Gasteiger partial charge on any atom is 0.328 e. The molecule has 0 aromatic carbocycles. The van der Waals surface area contributed by atoms with Crippen molar-refractivity contribution in [2.45, 2.75) is 13.5 Å². The molecule has 0 aliphatic rings. The molecule has 0 aliphatic carbocycles. The number of aryl methyl sites for hydroxylation is 1. The summed E-state index contributed by atoms with van der Waals surface area (Å²) in [5.41, 5.74) is -0.367. The molecule has 0 fully saturated rings. The van der Waals surface area contributed by atoms with Gasteiger partial charge in [-0.1, -0.05) is 0 Å². The lowest BCUT2D eigenvalue weighted by molar-refractivity contribution is 0.684. The van der Waals surface area contributed by atoms with Gasteiger partial charge in [-0.2, -0.15) is 0 Å². The molecule has 3 aromatic rings. The van der Waals surface area contributed by atoms with Gasteiger partial charge < -0.3 is 5.32 Å². The first kappa shape index (κ1) is 13.5. The molecule has 2 N–H and O–H groups in total. The Morgan fingerprint density at radius 1 is 1.38 bits per heavy atom. The molecule has 3 aromatic heterocycles. The predicted molar refractivity (Wildman–Crippen MR) is 82.1 cm³/mol. The Balaban J connectivity index is 2.08. The summed E-state index contributed by atoms with van der Waals surface area (Å²) in [5, 5.41) is 5.93. The minimum absolute atomic E-state index is 0.207. The van der Waals surface area contributed by atoms with Crippen molar-refractivity contribution in [3.05, 3.63) is 49.9 Å². The van der Waals surface area contributed by atoms with Gasteiger partial charge in [-0.25, -0.2) is 14.8 Å². The molecule has 8 heteroatoms. The van der Waals surface area contributed by atoms with Crippen molar-refractivity contribution in [3.63, 3.8) is 0 Å². The second-order valence-electron chi connectivity index (χ2n) is 4.58. The van der Waals surface area contributed by atoms with Crippen molar-refractivity contribution in [3.8, 4) is 0 Å². The van der Waals surface area contributed by atoms with Crippen LogP contribution in [0.3, 0.4) is 0 Å². The van der Waals surface area contributed by atoms with Crippen LogP contribution in [0, 0.1) is 6.92 Å². The van der Waals surface area contributed by atoms with Crippen LogP contribution in [0.4, 0.5) is 5.82 Å². The van der Waals surface area contributed by atoms with Crippen LogP contribution in [0.1, 0.15) is 11.4 Å². The number of anilines is 1. The summed E-state index contributed by atoms with van der Waals surface area (Å²) < 4.78 is 1.39. The number of fused-ring (bicyclic) bond motifs is 1. The lowest BCUT2D eigenvalue weighted by Gasteiger charge is -2.07. The molecule has 7 nitrogen and oxygen atoms in total. The number of aromatic nitrogens is 4. The van der Waals surface area contributed by atoms with Crippen molar-refractivity contribution >= 4 is 27.4 Å². The average molecular weight is 303 g/mol. The minimum Gasteiger partial charge on any atom is -0.372 e. The first-order chi connectivity index (χ1) is 10.1. The number of aromatic amines is 1. The SMILES string of the molecule is CNc1nc(Cn2cc(C)c(=O)[nH]c2=O)nc2sccc12. The fourth-order valence-electron chi connectivity index (χ4n) is 2.05. The topological polar surface area (TPSA) is 92.7 Å². The summed E-state index contributed by atoms with van der Waals surface area (Å²) in [5.74, 6) is 1.24. The predicted octanol–water partition coefficient (Wildman–Crippen LogP) is 0.940. The highest BCUT2D eigenvalue weighted by Gasteiger charge is 2.09. The van der Waals surface area contributed by atoms with Crippen molar-refractivity contribution in [2.75, 3.05) is 12.4 Å². The van der Waals surface area contributed by atoms with Crippen LogP contribution in [0.2, 0.25) is 0 Å². The largest absolute Gasteiger partial charge is 0.372 e. The highest BCUT2D eigenvalue weighted by molar-refractivity contribution is 7.16. The fourth-order valence-corrected chi connectivity index (χ4v) is 2.83. The Morgan fingerprint density at radius 2 is 2.19 bits per heavy atom. The molecular weight excluding hydrogens is 290 g/mol. The van der Waals surface area contributed by atoms with Gasteiger partial charge in [0.25, 0.3) is 5.56 Å². The van der Waals surface area contributed by atoms with Gasteiger partial charge in [0.2, 0.25) is 0 Å². The summed E-state index contributed by atoms with van der Waals surface area (Å²) in [6, 6.07) is 1.95. The summed E-state index contributed by atoms with van der Waals surface area (Å²) in [4.78, 5) is 35.2. The van der Waals surface area contributed by atoms with Gasteiger partial charge in [-0.3, -0.25) is 14.3 Å². The van der Waals surface area contributed by atoms with Crippen LogP contribution in [0.25, 0.3) is 10.2 Å². The zero-order valence-corrected chi connectivity index (χ0v) is 12.3. The molecule has 0 unspecified atom stereocenters. The maximum atomic E-state index is 11.8. The highest BCUT2D eigenvalue weighted by Crippen LogP contribution is 2.24. The molecule has 0 atom stereocenters. The third-order valence-electron chi connectivity index (χ3n) is 3.11. The van der Waals surface area contributed by atoms with Crippen LogP contribution >= 0.6 is 11.3 Å². The average Bonchev–Trinajstić information content (AvgIpc) is 2.92. The number of H-pyrrole nitrogens is 1. The normalized spacial score (nSPS) is 11.0. The highest BCUT2D eigenvalue weighted by atomic mass is 32.1. The van der Waals surface area contributed by atoms with E-state index in [0.717, 1.165) is 16.0 Å². The number of nitrogens with zero attached hydrogens (tertiary/aromatic N) is 3. The molecule has 3 heterocycles. The Bertz CT molecular complexity index is 924. The maximum absolute atomic E-state index is 11.8. The smallest absolute Gasteiger partial charge is 0.328 e. The monoisotopic (exact) mass is 303 g/mol. The molecular formula is C13H13N5O2S. The van der Waals surface area contributed by atoms with Crippen molar-refractivity contribution < 1.29 is 0 Å².